The quantitative estimate of drug-likeness (QED) is 0.451. The zero-order chi connectivity index (χ0) is 19.5. The summed E-state index contributed by atoms with van der Waals surface area (Å²) in [6.45, 7) is 2.03. The third-order valence-corrected chi connectivity index (χ3v) is 4.89. The molecule has 1 heterocycles. The van der Waals surface area contributed by atoms with E-state index in [1.165, 1.54) is 9.95 Å². The Morgan fingerprint density at radius 1 is 0.857 bits per heavy atom. The van der Waals surface area contributed by atoms with Crippen molar-refractivity contribution >= 4 is 33.6 Å². The molecule has 0 aliphatic rings. The number of carbonyl (C=O) groups excluding carboxylic acids is 2. The molecule has 1 aromatic heterocycles. The largest absolute Gasteiger partial charge is 0.461 e. The van der Waals surface area contributed by atoms with Gasteiger partial charge >= 0.3 is 5.97 Å². The molecule has 4 heteroatoms. The van der Waals surface area contributed by atoms with Crippen molar-refractivity contribution in [3.8, 4) is 0 Å². The minimum atomic E-state index is -0.474. The average Bonchev–Trinajstić information content (AvgIpc) is 3.12. The molecule has 0 bridgehead atoms. The van der Waals surface area contributed by atoms with Crippen molar-refractivity contribution in [1.29, 1.82) is 0 Å². The van der Waals surface area contributed by atoms with Crippen LogP contribution in [0.25, 0.3) is 21.7 Å². The molecular weight excluding hydrogens is 350 g/mol. The molecule has 4 aromatic rings. The lowest BCUT2D eigenvalue weighted by Gasteiger charge is -2.09. The lowest BCUT2D eigenvalue weighted by molar-refractivity contribution is 0.0509. The number of para-hydroxylation sites is 1. The molecule has 0 amide bonds. The number of esters is 1. The van der Waals surface area contributed by atoms with E-state index in [1.54, 1.807) is 13.0 Å². The van der Waals surface area contributed by atoms with E-state index < -0.39 is 5.97 Å². The number of benzene rings is 3. The Kier molecular flexibility index (Phi) is 4.94. The van der Waals surface area contributed by atoms with Gasteiger partial charge in [0, 0.05) is 11.8 Å². The highest BCUT2D eigenvalue weighted by Crippen LogP contribution is 2.22. The maximum Gasteiger partial charge on any atom is 0.355 e. The van der Waals surface area contributed by atoms with Crippen molar-refractivity contribution in [3.63, 3.8) is 0 Å². The monoisotopic (exact) mass is 371 g/mol. The Morgan fingerprint density at radius 3 is 2.36 bits per heavy atom. The van der Waals surface area contributed by atoms with Crippen LogP contribution in [0.5, 0.6) is 0 Å². The van der Waals surface area contributed by atoms with Gasteiger partial charge < -0.3 is 4.74 Å². The molecular formula is C24H21NO3. The van der Waals surface area contributed by atoms with Crippen LogP contribution in [-0.2, 0) is 11.2 Å². The fourth-order valence-corrected chi connectivity index (χ4v) is 3.54. The number of carbonyl (C=O) groups is 2. The summed E-state index contributed by atoms with van der Waals surface area (Å²) in [7, 11) is 0. The van der Waals surface area contributed by atoms with Crippen LogP contribution in [0.2, 0.25) is 0 Å². The first-order valence-corrected chi connectivity index (χ1v) is 9.46. The summed E-state index contributed by atoms with van der Waals surface area (Å²) in [5.74, 6) is -0.588. The normalized spacial score (nSPS) is 11.0. The van der Waals surface area contributed by atoms with Crippen molar-refractivity contribution in [2.75, 3.05) is 6.61 Å². The zero-order valence-electron chi connectivity index (χ0n) is 15.7. The minimum absolute atomic E-state index is 0.114. The number of hydrogen-bond donors (Lipinski definition) is 0. The predicted octanol–water partition coefficient (Wildman–Crippen LogP) is 5.24. The van der Waals surface area contributed by atoms with Gasteiger partial charge in [-0.2, -0.15) is 0 Å². The van der Waals surface area contributed by atoms with Crippen LogP contribution in [0.15, 0.2) is 72.8 Å². The van der Waals surface area contributed by atoms with Gasteiger partial charge in [-0.15, -0.1) is 0 Å². The van der Waals surface area contributed by atoms with Gasteiger partial charge in [0.2, 0.25) is 5.91 Å². The van der Waals surface area contributed by atoms with Crippen molar-refractivity contribution in [3.05, 3.63) is 84.1 Å². The van der Waals surface area contributed by atoms with E-state index in [9.17, 15) is 9.59 Å². The fourth-order valence-electron chi connectivity index (χ4n) is 3.54. The molecule has 0 aliphatic heterocycles. The number of aromatic nitrogens is 1. The fraction of sp³-hybridized carbons (Fsp3) is 0.167. The number of fused-ring (bicyclic) bond motifs is 2. The van der Waals surface area contributed by atoms with Gasteiger partial charge in [0.25, 0.3) is 0 Å². The van der Waals surface area contributed by atoms with Gasteiger partial charge in [0.05, 0.1) is 12.1 Å². The Labute approximate surface area is 163 Å². The maximum atomic E-state index is 13.0. The van der Waals surface area contributed by atoms with Crippen molar-refractivity contribution in [2.45, 2.75) is 19.8 Å². The Hall–Kier alpha value is -3.40. The molecule has 28 heavy (non-hydrogen) atoms. The maximum absolute atomic E-state index is 13.0. The van der Waals surface area contributed by atoms with E-state index in [0.717, 1.165) is 21.9 Å². The number of aryl methyl sites for hydroxylation is 1. The molecule has 0 spiro atoms. The van der Waals surface area contributed by atoms with Gasteiger partial charge in [0.1, 0.15) is 5.69 Å². The number of ether oxygens (including phenoxy) is 1. The van der Waals surface area contributed by atoms with Crippen LogP contribution in [0.3, 0.4) is 0 Å². The average molecular weight is 371 g/mol. The van der Waals surface area contributed by atoms with E-state index >= 15 is 0 Å². The third-order valence-electron chi connectivity index (χ3n) is 4.89. The first-order chi connectivity index (χ1) is 13.7. The van der Waals surface area contributed by atoms with Crippen LogP contribution in [0, 0.1) is 0 Å². The highest BCUT2D eigenvalue weighted by Gasteiger charge is 2.21. The Bertz CT molecular complexity index is 1170. The summed E-state index contributed by atoms with van der Waals surface area (Å²) in [4.78, 5) is 25.4. The smallest absolute Gasteiger partial charge is 0.355 e. The Balaban J connectivity index is 1.62. The van der Waals surface area contributed by atoms with E-state index in [0.29, 0.717) is 12.8 Å². The molecule has 140 valence electrons. The van der Waals surface area contributed by atoms with Crippen LogP contribution < -0.4 is 0 Å². The van der Waals surface area contributed by atoms with Crippen molar-refractivity contribution < 1.29 is 14.3 Å². The number of rotatable bonds is 5. The molecule has 4 rings (SSSR count). The second kappa shape index (κ2) is 7.69. The van der Waals surface area contributed by atoms with Gasteiger partial charge in [0.15, 0.2) is 0 Å². The first-order valence-electron chi connectivity index (χ1n) is 9.46. The van der Waals surface area contributed by atoms with E-state index in [2.05, 4.69) is 30.3 Å². The summed E-state index contributed by atoms with van der Waals surface area (Å²) >= 11 is 0. The van der Waals surface area contributed by atoms with E-state index in [1.807, 2.05) is 36.4 Å². The molecule has 0 radical (unpaired) electrons. The van der Waals surface area contributed by atoms with Crippen LogP contribution in [0.1, 0.15) is 34.2 Å². The lowest BCUT2D eigenvalue weighted by Crippen LogP contribution is -2.19. The molecule has 3 aromatic carbocycles. The van der Waals surface area contributed by atoms with E-state index in [4.69, 9.17) is 4.74 Å². The van der Waals surface area contributed by atoms with Gasteiger partial charge in [-0.1, -0.05) is 60.7 Å². The molecule has 0 fully saturated rings. The van der Waals surface area contributed by atoms with Crippen LogP contribution in [0.4, 0.5) is 0 Å². The summed E-state index contributed by atoms with van der Waals surface area (Å²) in [5, 5.41) is 3.19. The highest BCUT2D eigenvalue weighted by atomic mass is 16.5. The van der Waals surface area contributed by atoms with Crippen LogP contribution in [-0.4, -0.2) is 23.1 Å². The summed E-state index contributed by atoms with van der Waals surface area (Å²) < 4.78 is 6.64. The van der Waals surface area contributed by atoms with Gasteiger partial charge in [-0.05, 0) is 41.8 Å². The SMILES string of the molecule is CCOC(=O)c1cc2ccccc2n1C(=O)CCc1ccc2ccccc2c1. The number of nitrogens with zero attached hydrogens (tertiary/aromatic N) is 1. The second-order valence-electron chi connectivity index (χ2n) is 6.72. The Morgan fingerprint density at radius 2 is 1.57 bits per heavy atom. The molecule has 0 N–H and O–H groups in total. The summed E-state index contributed by atoms with van der Waals surface area (Å²) in [6.07, 6.45) is 0.919. The van der Waals surface area contributed by atoms with Gasteiger partial charge in [-0.25, -0.2) is 4.79 Å². The molecule has 0 saturated heterocycles. The lowest BCUT2D eigenvalue weighted by atomic mass is 10.0. The molecule has 0 unspecified atom stereocenters. The molecule has 4 nitrogen and oxygen atoms in total. The summed E-state index contributed by atoms with van der Waals surface area (Å²) in [5.41, 5.74) is 2.11. The second-order valence-corrected chi connectivity index (χ2v) is 6.72. The van der Waals surface area contributed by atoms with Crippen molar-refractivity contribution in [1.82, 2.24) is 4.57 Å². The third kappa shape index (κ3) is 3.41. The van der Waals surface area contributed by atoms with Crippen LogP contribution >= 0.6 is 0 Å². The summed E-state index contributed by atoms with van der Waals surface area (Å²) in [6, 6.07) is 23.6. The molecule has 0 atom stereocenters. The number of hydrogen-bond acceptors (Lipinski definition) is 3. The highest BCUT2D eigenvalue weighted by molar-refractivity contribution is 6.03. The standard InChI is InChI=1S/C24H21NO3/c1-2-28-24(27)22-16-20-9-5-6-10-21(20)25(22)23(26)14-12-17-11-13-18-7-3-4-8-19(18)15-17/h3-11,13,15-16H,2,12,14H2,1H3. The van der Waals surface area contributed by atoms with Gasteiger partial charge in [-0.3, -0.25) is 9.36 Å². The first kappa shape index (κ1) is 18.0. The zero-order valence-corrected chi connectivity index (χ0v) is 15.7. The molecule has 0 saturated carbocycles. The predicted molar refractivity (Wildman–Crippen MR) is 111 cm³/mol. The molecule has 0 aliphatic carbocycles. The van der Waals surface area contributed by atoms with E-state index in [-0.39, 0.29) is 18.2 Å². The van der Waals surface area contributed by atoms with Crippen molar-refractivity contribution in [2.24, 2.45) is 0 Å². The topological polar surface area (TPSA) is 48.3 Å². The minimum Gasteiger partial charge on any atom is -0.461 e.